The van der Waals surface area contributed by atoms with E-state index >= 15 is 0 Å². The monoisotopic (exact) mass is 318 g/mol. The van der Waals surface area contributed by atoms with Crippen molar-refractivity contribution in [3.8, 4) is 0 Å². The van der Waals surface area contributed by atoms with Crippen molar-refractivity contribution >= 4 is 12.0 Å². The van der Waals surface area contributed by atoms with Gasteiger partial charge in [-0.3, -0.25) is 4.79 Å². The molecule has 0 saturated carbocycles. The Labute approximate surface area is 125 Å². The number of rotatable bonds is 6. The molecule has 8 heteroatoms. The van der Waals surface area contributed by atoms with Crippen LogP contribution in [-0.2, 0) is 22.1 Å². The van der Waals surface area contributed by atoms with E-state index in [9.17, 15) is 22.8 Å². The number of amides is 2. The van der Waals surface area contributed by atoms with Gasteiger partial charge in [0.15, 0.2) is 6.10 Å². The van der Waals surface area contributed by atoms with Crippen molar-refractivity contribution in [2.45, 2.75) is 31.5 Å². The summed E-state index contributed by atoms with van der Waals surface area (Å²) in [6.07, 6.45) is -5.29. The van der Waals surface area contributed by atoms with Crippen molar-refractivity contribution in [2.24, 2.45) is 5.73 Å². The number of likely N-dealkylation sites (N-methyl/N-ethyl adjacent to an activating group) is 1. The Kier molecular flexibility index (Phi) is 6.21. The molecule has 0 radical (unpaired) electrons. The number of ether oxygens (including phenoxy) is 1. The number of carbonyl (C=O) groups is 2. The highest BCUT2D eigenvalue weighted by Gasteiger charge is 2.29. The summed E-state index contributed by atoms with van der Waals surface area (Å²) in [5.74, 6) is -0.480. The maximum atomic E-state index is 12.4. The van der Waals surface area contributed by atoms with Crippen LogP contribution < -0.4 is 11.1 Å². The Balaban J connectivity index is 2.54. The van der Waals surface area contributed by atoms with Gasteiger partial charge in [-0.25, -0.2) is 4.79 Å². The molecule has 0 spiro atoms. The first kappa shape index (κ1) is 17.8. The summed E-state index contributed by atoms with van der Waals surface area (Å²) in [6, 6.07) is 4.77. The highest BCUT2D eigenvalue weighted by atomic mass is 19.4. The lowest BCUT2D eigenvalue weighted by Crippen LogP contribution is -2.37. The molecule has 0 heterocycles. The third-order valence-electron chi connectivity index (χ3n) is 3.01. The van der Waals surface area contributed by atoms with Gasteiger partial charge in [0.1, 0.15) is 0 Å². The summed E-state index contributed by atoms with van der Waals surface area (Å²) < 4.78 is 41.9. The van der Waals surface area contributed by atoms with Crippen LogP contribution in [0.5, 0.6) is 0 Å². The molecule has 0 bridgehead atoms. The quantitative estimate of drug-likeness (QED) is 0.844. The minimum Gasteiger partial charge on any atom is -0.436 e. The van der Waals surface area contributed by atoms with Crippen molar-refractivity contribution in [2.75, 3.05) is 7.05 Å². The van der Waals surface area contributed by atoms with Crippen LogP contribution in [0.4, 0.5) is 18.0 Å². The molecule has 5 nitrogen and oxygen atoms in total. The lowest BCUT2D eigenvalue weighted by Gasteiger charge is -2.15. The molecule has 2 amide bonds. The van der Waals surface area contributed by atoms with Gasteiger partial charge in [0.25, 0.3) is 5.91 Å². The fourth-order valence-electron chi connectivity index (χ4n) is 1.90. The smallest absolute Gasteiger partial charge is 0.416 e. The molecule has 3 N–H and O–H groups in total. The Morgan fingerprint density at radius 2 is 1.86 bits per heavy atom. The summed E-state index contributed by atoms with van der Waals surface area (Å²) in [5, 5.41) is 2.35. The van der Waals surface area contributed by atoms with Gasteiger partial charge in [-0.15, -0.1) is 0 Å². The van der Waals surface area contributed by atoms with Crippen molar-refractivity contribution in [3.63, 3.8) is 0 Å². The molecule has 122 valence electrons. The first-order valence-corrected chi connectivity index (χ1v) is 6.58. The van der Waals surface area contributed by atoms with E-state index in [0.717, 1.165) is 12.1 Å². The minimum absolute atomic E-state index is 0.226. The first-order valence-electron chi connectivity index (χ1n) is 6.58. The second-order valence-corrected chi connectivity index (χ2v) is 4.63. The molecular weight excluding hydrogens is 301 g/mol. The van der Waals surface area contributed by atoms with Gasteiger partial charge in [0.2, 0.25) is 0 Å². The molecule has 0 fully saturated rings. The second-order valence-electron chi connectivity index (χ2n) is 4.63. The topological polar surface area (TPSA) is 81.4 Å². The summed E-state index contributed by atoms with van der Waals surface area (Å²) >= 11 is 0. The normalized spacial score (nSPS) is 12.5. The van der Waals surface area contributed by atoms with E-state index in [0.29, 0.717) is 18.4 Å². The average molecular weight is 318 g/mol. The maximum absolute atomic E-state index is 12.4. The van der Waals surface area contributed by atoms with E-state index in [1.807, 2.05) is 0 Å². The molecule has 1 aromatic carbocycles. The zero-order valence-electron chi connectivity index (χ0n) is 11.9. The number of hydrogen-bond donors (Lipinski definition) is 2. The molecule has 1 atom stereocenters. The van der Waals surface area contributed by atoms with Gasteiger partial charge in [0.05, 0.1) is 5.56 Å². The van der Waals surface area contributed by atoms with E-state index in [2.05, 4.69) is 10.1 Å². The van der Waals surface area contributed by atoms with Gasteiger partial charge in [-0.05, 0) is 37.0 Å². The van der Waals surface area contributed by atoms with E-state index in [1.165, 1.54) is 19.2 Å². The number of carbonyl (C=O) groups excluding carboxylic acids is 2. The first-order chi connectivity index (χ1) is 10.2. The lowest BCUT2D eigenvalue weighted by molar-refractivity contribution is -0.137. The number of aryl methyl sites for hydroxylation is 1. The zero-order valence-corrected chi connectivity index (χ0v) is 11.9. The number of hydrogen-bond acceptors (Lipinski definition) is 3. The second kappa shape index (κ2) is 7.67. The molecule has 0 aliphatic heterocycles. The third-order valence-corrected chi connectivity index (χ3v) is 3.01. The zero-order chi connectivity index (χ0) is 16.8. The maximum Gasteiger partial charge on any atom is 0.416 e. The van der Waals surface area contributed by atoms with Crippen LogP contribution in [0.3, 0.4) is 0 Å². The standard InChI is InChI=1S/C14H17F3N2O3/c1-19-12(20)11(22-13(18)21)4-2-3-9-5-7-10(8-6-9)14(15,16)17/h5-8,11H,2-4H2,1H3,(H2,18,21)(H,19,20). The number of nitrogens with one attached hydrogen (secondary N) is 1. The highest BCUT2D eigenvalue weighted by Crippen LogP contribution is 2.29. The van der Waals surface area contributed by atoms with E-state index in [1.54, 1.807) is 0 Å². The molecular formula is C14H17F3N2O3. The number of nitrogens with two attached hydrogens (primary N) is 1. The van der Waals surface area contributed by atoms with Gasteiger partial charge in [-0.1, -0.05) is 12.1 Å². The van der Waals surface area contributed by atoms with Crippen LogP contribution in [0, 0.1) is 0 Å². The SMILES string of the molecule is CNC(=O)C(CCCc1ccc(C(F)(F)F)cc1)OC(N)=O. The Hall–Kier alpha value is -2.25. The molecule has 1 unspecified atom stereocenters. The van der Waals surface area contributed by atoms with E-state index < -0.39 is 29.8 Å². The number of alkyl halides is 3. The van der Waals surface area contributed by atoms with Crippen molar-refractivity contribution in [1.29, 1.82) is 0 Å². The Morgan fingerprint density at radius 1 is 1.27 bits per heavy atom. The van der Waals surface area contributed by atoms with Crippen LogP contribution in [0.1, 0.15) is 24.0 Å². The van der Waals surface area contributed by atoms with Gasteiger partial charge >= 0.3 is 12.3 Å². The van der Waals surface area contributed by atoms with Crippen LogP contribution in [0.2, 0.25) is 0 Å². The predicted octanol–water partition coefficient (Wildman–Crippen LogP) is 2.24. The number of halogens is 3. The van der Waals surface area contributed by atoms with Crippen LogP contribution in [0.25, 0.3) is 0 Å². The molecule has 0 aliphatic rings. The summed E-state index contributed by atoms with van der Waals surface area (Å²) in [5.41, 5.74) is 4.86. The molecule has 1 aromatic rings. The molecule has 0 aromatic heterocycles. The van der Waals surface area contributed by atoms with Crippen LogP contribution in [0.15, 0.2) is 24.3 Å². The number of primary amides is 1. The Bertz CT molecular complexity index is 515. The largest absolute Gasteiger partial charge is 0.436 e. The fourth-order valence-corrected chi connectivity index (χ4v) is 1.90. The van der Waals surface area contributed by atoms with Crippen molar-refractivity contribution < 1.29 is 27.5 Å². The summed E-state index contributed by atoms with van der Waals surface area (Å²) in [7, 11) is 1.40. The van der Waals surface area contributed by atoms with E-state index in [-0.39, 0.29) is 6.42 Å². The van der Waals surface area contributed by atoms with Gasteiger partial charge in [0, 0.05) is 7.05 Å². The van der Waals surface area contributed by atoms with Crippen LogP contribution >= 0.6 is 0 Å². The van der Waals surface area contributed by atoms with Gasteiger partial charge < -0.3 is 15.8 Å². The van der Waals surface area contributed by atoms with Crippen molar-refractivity contribution in [3.05, 3.63) is 35.4 Å². The predicted molar refractivity (Wildman–Crippen MR) is 72.9 cm³/mol. The molecule has 22 heavy (non-hydrogen) atoms. The highest BCUT2D eigenvalue weighted by molar-refractivity contribution is 5.82. The average Bonchev–Trinajstić information content (AvgIpc) is 2.44. The van der Waals surface area contributed by atoms with E-state index in [4.69, 9.17) is 5.73 Å². The third kappa shape index (κ3) is 5.63. The fraction of sp³-hybridized carbons (Fsp3) is 0.429. The number of benzene rings is 1. The molecule has 0 saturated heterocycles. The summed E-state index contributed by atoms with van der Waals surface area (Å²) in [4.78, 5) is 22.2. The summed E-state index contributed by atoms with van der Waals surface area (Å²) in [6.45, 7) is 0. The molecule has 1 rings (SSSR count). The minimum atomic E-state index is -4.36. The van der Waals surface area contributed by atoms with Crippen molar-refractivity contribution in [1.82, 2.24) is 5.32 Å². The lowest BCUT2D eigenvalue weighted by atomic mass is 10.0. The Morgan fingerprint density at radius 3 is 2.32 bits per heavy atom. The van der Waals surface area contributed by atoms with Crippen LogP contribution in [-0.4, -0.2) is 25.2 Å². The molecule has 0 aliphatic carbocycles. The van der Waals surface area contributed by atoms with Gasteiger partial charge in [-0.2, -0.15) is 13.2 Å².